The van der Waals surface area contributed by atoms with Crippen molar-refractivity contribution in [1.29, 1.82) is 0 Å². The van der Waals surface area contributed by atoms with Crippen molar-refractivity contribution in [3.8, 4) is 5.75 Å². The van der Waals surface area contributed by atoms with Crippen LogP contribution in [0.1, 0.15) is 17.2 Å². The molecular weight excluding hydrogens is 417 g/mol. The highest BCUT2D eigenvalue weighted by Crippen LogP contribution is 2.39. The van der Waals surface area contributed by atoms with Crippen molar-refractivity contribution in [1.82, 2.24) is 4.90 Å². The number of ketones is 1. The number of likely N-dealkylation sites (tertiary alicyclic amines) is 1. The lowest BCUT2D eigenvalue weighted by atomic mass is 9.95. The van der Waals surface area contributed by atoms with Crippen LogP contribution in [-0.2, 0) is 14.3 Å². The van der Waals surface area contributed by atoms with Gasteiger partial charge in [0.05, 0.1) is 31.4 Å². The molecule has 32 heavy (non-hydrogen) atoms. The zero-order valence-electron chi connectivity index (χ0n) is 17.4. The number of benzene rings is 2. The summed E-state index contributed by atoms with van der Waals surface area (Å²) in [7, 11) is 0. The third-order valence-electron chi connectivity index (χ3n) is 4.93. The van der Waals surface area contributed by atoms with E-state index in [9.17, 15) is 19.1 Å². The van der Waals surface area contributed by atoms with E-state index in [4.69, 9.17) is 14.6 Å². The standard InChI is InChI=1S/C24H24FNO6/c1-2-13-32-19-9-5-17(6-10-19)22(28)20-21(16-3-7-18(25)8-4-16)26(24(30)23(20)29)11-14-31-15-12-27/h2-10,21,27-28H,1,11-15H2/b22-20-. The smallest absolute Gasteiger partial charge is 0.295 e. The van der Waals surface area contributed by atoms with E-state index in [2.05, 4.69) is 6.58 Å². The maximum absolute atomic E-state index is 13.5. The molecule has 0 bridgehead atoms. The lowest BCUT2D eigenvalue weighted by molar-refractivity contribution is -0.140. The van der Waals surface area contributed by atoms with Crippen LogP contribution in [0.2, 0.25) is 0 Å². The van der Waals surface area contributed by atoms with Gasteiger partial charge in [0.15, 0.2) is 0 Å². The number of amides is 1. The maximum atomic E-state index is 13.5. The molecule has 7 nitrogen and oxygen atoms in total. The number of halogens is 1. The van der Waals surface area contributed by atoms with Gasteiger partial charge in [-0.1, -0.05) is 24.8 Å². The Hall–Kier alpha value is -3.49. The van der Waals surface area contributed by atoms with Crippen molar-refractivity contribution in [2.75, 3.05) is 33.0 Å². The molecular formula is C24H24FNO6. The molecule has 1 aliphatic heterocycles. The summed E-state index contributed by atoms with van der Waals surface area (Å²) in [5.74, 6) is -1.89. The van der Waals surface area contributed by atoms with Crippen molar-refractivity contribution in [3.05, 3.63) is 83.7 Å². The third kappa shape index (κ3) is 5.04. The predicted molar refractivity (Wildman–Crippen MR) is 115 cm³/mol. The topological polar surface area (TPSA) is 96.3 Å². The molecule has 1 amide bonds. The molecule has 1 saturated heterocycles. The van der Waals surface area contributed by atoms with Gasteiger partial charge in [-0.05, 0) is 42.0 Å². The number of hydrogen-bond acceptors (Lipinski definition) is 6. The summed E-state index contributed by atoms with van der Waals surface area (Å²) < 4.78 is 24.2. The first-order chi connectivity index (χ1) is 15.5. The Bertz CT molecular complexity index is 1000. The number of Topliss-reactive ketones (excluding diaryl/α,β-unsaturated/α-hetero) is 1. The highest BCUT2D eigenvalue weighted by molar-refractivity contribution is 6.46. The van der Waals surface area contributed by atoms with Crippen LogP contribution in [-0.4, -0.2) is 59.8 Å². The second kappa shape index (κ2) is 10.7. The van der Waals surface area contributed by atoms with Gasteiger partial charge in [0, 0.05) is 12.1 Å². The third-order valence-corrected chi connectivity index (χ3v) is 4.93. The summed E-state index contributed by atoms with van der Waals surface area (Å²) >= 11 is 0. The Kier molecular flexibility index (Phi) is 7.75. The van der Waals surface area contributed by atoms with Crippen LogP contribution in [0.25, 0.3) is 5.76 Å². The summed E-state index contributed by atoms with van der Waals surface area (Å²) in [5, 5.41) is 19.8. The molecule has 1 unspecified atom stereocenters. The minimum atomic E-state index is -0.912. The number of aliphatic hydroxyl groups excluding tert-OH is 2. The lowest BCUT2D eigenvalue weighted by Gasteiger charge is -2.25. The molecule has 1 atom stereocenters. The molecule has 0 saturated carbocycles. The van der Waals surface area contributed by atoms with E-state index in [1.54, 1.807) is 30.3 Å². The molecule has 3 rings (SSSR count). The normalized spacial score (nSPS) is 17.6. The van der Waals surface area contributed by atoms with Gasteiger partial charge >= 0.3 is 0 Å². The van der Waals surface area contributed by atoms with Crippen LogP contribution in [0.5, 0.6) is 5.75 Å². The van der Waals surface area contributed by atoms with Gasteiger partial charge in [-0.15, -0.1) is 0 Å². The van der Waals surface area contributed by atoms with Crippen LogP contribution in [0.15, 0.2) is 66.8 Å². The number of carbonyl (C=O) groups is 2. The van der Waals surface area contributed by atoms with Crippen LogP contribution in [0.3, 0.4) is 0 Å². The van der Waals surface area contributed by atoms with E-state index in [1.165, 1.54) is 29.2 Å². The van der Waals surface area contributed by atoms with Gasteiger partial charge in [0.2, 0.25) is 0 Å². The summed E-state index contributed by atoms with van der Waals surface area (Å²) in [5.41, 5.74) is 0.710. The van der Waals surface area contributed by atoms with Gasteiger partial charge in [-0.25, -0.2) is 4.39 Å². The minimum Gasteiger partial charge on any atom is -0.507 e. The van der Waals surface area contributed by atoms with Gasteiger partial charge < -0.3 is 24.6 Å². The van der Waals surface area contributed by atoms with Crippen molar-refractivity contribution >= 4 is 17.4 Å². The summed E-state index contributed by atoms with van der Waals surface area (Å²) in [6.07, 6.45) is 1.60. The fraction of sp³-hybridized carbons (Fsp3) is 0.250. The zero-order chi connectivity index (χ0) is 23.1. The molecule has 1 aliphatic rings. The van der Waals surface area contributed by atoms with Crippen LogP contribution in [0.4, 0.5) is 4.39 Å². The monoisotopic (exact) mass is 441 g/mol. The fourth-order valence-electron chi connectivity index (χ4n) is 3.45. The molecule has 1 fully saturated rings. The number of ether oxygens (including phenoxy) is 2. The van der Waals surface area contributed by atoms with Crippen molar-refractivity contribution in [2.45, 2.75) is 6.04 Å². The van der Waals surface area contributed by atoms with E-state index in [-0.39, 0.29) is 37.7 Å². The van der Waals surface area contributed by atoms with Gasteiger partial charge in [-0.3, -0.25) is 9.59 Å². The van der Waals surface area contributed by atoms with E-state index in [0.717, 1.165) is 0 Å². The second-order valence-electron chi connectivity index (χ2n) is 7.00. The molecule has 0 aromatic heterocycles. The van der Waals surface area contributed by atoms with Crippen LogP contribution >= 0.6 is 0 Å². The Labute approximate surface area is 185 Å². The number of aliphatic hydroxyl groups is 2. The first-order valence-electron chi connectivity index (χ1n) is 10.0. The van der Waals surface area contributed by atoms with Gasteiger partial charge in [-0.2, -0.15) is 0 Å². The van der Waals surface area contributed by atoms with E-state index in [1.807, 2.05) is 0 Å². The van der Waals surface area contributed by atoms with Gasteiger partial charge in [0.1, 0.15) is 23.9 Å². The molecule has 2 aromatic rings. The molecule has 0 radical (unpaired) electrons. The fourth-order valence-corrected chi connectivity index (χ4v) is 3.45. The van der Waals surface area contributed by atoms with Crippen molar-refractivity contribution in [3.63, 3.8) is 0 Å². The first kappa shape index (κ1) is 23.2. The quantitative estimate of drug-likeness (QED) is 0.194. The number of hydrogen-bond donors (Lipinski definition) is 2. The SMILES string of the molecule is C=CCOc1ccc(/C(O)=C2/C(=O)C(=O)N(CCOCCO)C2c2ccc(F)cc2)cc1. The van der Waals surface area contributed by atoms with E-state index in [0.29, 0.717) is 23.5 Å². The molecule has 0 aliphatic carbocycles. The average molecular weight is 441 g/mol. The highest BCUT2D eigenvalue weighted by atomic mass is 19.1. The van der Waals surface area contributed by atoms with E-state index >= 15 is 0 Å². The molecule has 1 heterocycles. The number of carbonyl (C=O) groups excluding carboxylic acids is 2. The Morgan fingerprint density at radius 3 is 2.41 bits per heavy atom. The first-order valence-corrected chi connectivity index (χ1v) is 10.0. The molecule has 8 heteroatoms. The van der Waals surface area contributed by atoms with Crippen LogP contribution in [0, 0.1) is 5.82 Å². The largest absolute Gasteiger partial charge is 0.507 e. The average Bonchev–Trinajstić information content (AvgIpc) is 3.06. The Balaban J connectivity index is 2.00. The molecule has 2 aromatic carbocycles. The minimum absolute atomic E-state index is 0.0533. The highest BCUT2D eigenvalue weighted by Gasteiger charge is 2.45. The van der Waals surface area contributed by atoms with Crippen molar-refractivity contribution < 1.29 is 33.7 Å². The Morgan fingerprint density at radius 1 is 1.09 bits per heavy atom. The number of nitrogens with zero attached hydrogens (tertiary/aromatic N) is 1. The molecule has 0 spiro atoms. The number of rotatable bonds is 10. The second-order valence-corrected chi connectivity index (χ2v) is 7.00. The Morgan fingerprint density at radius 2 is 1.78 bits per heavy atom. The lowest BCUT2D eigenvalue weighted by Crippen LogP contribution is -2.33. The summed E-state index contributed by atoms with van der Waals surface area (Å²) in [4.78, 5) is 26.9. The zero-order valence-corrected chi connectivity index (χ0v) is 17.4. The predicted octanol–water partition coefficient (Wildman–Crippen LogP) is 2.82. The van der Waals surface area contributed by atoms with Gasteiger partial charge in [0.25, 0.3) is 11.7 Å². The van der Waals surface area contributed by atoms with Crippen molar-refractivity contribution in [2.24, 2.45) is 0 Å². The summed E-state index contributed by atoms with van der Waals surface area (Å²) in [6.45, 7) is 3.95. The molecule has 2 N–H and O–H groups in total. The van der Waals surface area contributed by atoms with Crippen LogP contribution < -0.4 is 4.74 Å². The maximum Gasteiger partial charge on any atom is 0.295 e. The summed E-state index contributed by atoms with van der Waals surface area (Å²) in [6, 6.07) is 10.9. The van der Waals surface area contributed by atoms with E-state index < -0.39 is 23.5 Å². The molecule has 168 valence electrons.